The molecule has 422 valence electrons. The maximum absolute atomic E-state index is 12.7. The molecule has 0 amide bonds. The lowest BCUT2D eigenvalue weighted by Crippen LogP contribution is -2.37. The third-order valence-electron chi connectivity index (χ3n) is 11.3. The van der Waals surface area contributed by atoms with Gasteiger partial charge in [-0.1, -0.05) is 204 Å². The SMILES string of the molecule is CC/C=C\C/C=C\C/C=C\C/C=C\C/C=C\C/C=C\C/C=C\C/C=C\C/C=C\C/C=C\C/C=C\C/C=C\CCCCC(=O)OC(COC(=O)CCCCCCC/C=C\CCCCC)COP(=O)([O-])OCC[N+](C)(C)C. The van der Waals surface area contributed by atoms with Gasteiger partial charge >= 0.3 is 11.9 Å². The van der Waals surface area contributed by atoms with E-state index in [-0.39, 0.29) is 26.1 Å². The molecule has 0 bridgehead atoms. The topological polar surface area (TPSA) is 111 Å². The highest BCUT2D eigenvalue weighted by Crippen LogP contribution is 2.38. The predicted molar refractivity (Wildman–Crippen MR) is 318 cm³/mol. The first-order valence-electron chi connectivity index (χ1n) is 28.7. The van der Waals surface area contributed by atoms with Crippen molar-refractivity contribution in [2.45, 2.75) is 193 Å². The Kier molecular flexibility index (Phi) is 51.2. The van der Waals surface area contributed by atoms with Crippen molar-refractivity contribution in [2.24, 2.45) is 0 Å². The normalized spacial score (nSPS) is 14.5. The van der Waals surface area contributed by atoms with Crippen molar-refractivity contribution in [3.63, 3.8) is 0 Å². The molecule has 0 heterocycles. The van der Waals surface area contributed by atoms with Gasteiger partial charge in [-0.15, -0.1) is 0 Å². The Morgan fingerprint density at radius 3 is 1.17 bits per heavy atom. The number of unbranched alkanes of at least 4 members (excludes halogenated alkanes) is 10. The molecule has 0 saturated carbocycles. The van der Waals surface area contributed by atoms with Crippen LogP contribution in [0.1, 0.15) is 187 Å². The Hall–Kier alpha value is -4.37. The fourth-order valence-electron chi connectivity index (χ4n) is 6.86. The predicted octanol–water partition coefficient (Wildman–Crippen LogP) is 17.5. The zero-order chi connectivity index (χ0) is 54.9. The highest BCUT2D eigenvalue weighted by atomic mass is 31.2. The first-order chi connectivity index (χ1) is 36.5. The molecule has 0 N–H and O–H groups in total. The number of ether oxygens (including phenoxy) is 2. The summed E-state index contributed by atoms with van der Waals surface area (Å²) in [7, 11) is 1.11. The molecule has 0 aliphatic heterocycles. The van der Waals surface area contributed by atoms with E-state index in [9.17, 15) is 19.0 Å². The van der Waals surface area contributed by atoms with E-state index in [0.29, 0.717) is 23.9 Å². The van der Waals surface area contributed by atoms with E-state index in [1.807, 2.05) is 21.1 Å². The van der Waals surface area contributed by atoms with Gasteiger partial charge in [-0.25, -0.2) is 0 Å². The molecular formula is C65H104NO8P. The van der Waals surface area contributed by atoms with Crippen LogP contribution in [-0.2, 0) is 32.7 Å². The second kappa shape index (κ2) is 54.4. The van der Waals surface area contributed by atoms with Gasteiger partial charge in [-0.3, -0.25) is 14.2 Å². The Morgan fingerprint density at radius 1 is 0.427 bits per heavy atom. The second-order valence-electron chi connectivity index (χ2n) is 19.6. The number of phosphoric ester groups is 1. The van der Waals surface area contributed by atoms with Crippen molar-refractivity contribution in [3.8, 4) is 0 Å². The van der Waals surface area contributed by atoms with Gasteiger partial charge in [-0.05, 0) is 128 Å². The van der Waals surface area contributed by atoms with Crippen LogP contribution in [0.2, 0.25) is 0 Å². The molecule has 0 aliphatic carbocycles. The standard InChI is InChI=1S/C65H104NO8P/c1-6-8-10-12-14-16-18-20-21-22-23-24-25-26-27-28-29-30-31-32-33-34-35-36-37-38-39-40-41-42-43-44-45-46-48-50-52-54-56-58-65(68)74-63(62-73-75(69,70)72-60-59-66(3,4)5)61-71-64(67)57-55-53-51-49-47-19-17-15-13-11-9-7-2/h8,10,14-17,20-21,23-24,26-27,29-30,32-33,35-36,38-39,41-42,44-45,48,50,63H,6-7,9,11-13,18-19,22,25,28,31,34,37,40,43,46-47,49,51-62H2,1-5H3/b10-8-,16-14-,17-15-,21-20-,24-23-,27-26-,30-29-,33-32-,36-35-,39-38-,42-41-,45-44-,50-48-. The van der Waals surface area contributed by atoms with Crippen LogP contribution in [-0.4, -0.2) is 70.0 Å². The molecule has 9 nitrogen and oxygen atoms in total. The van der Waals surface area contributed by atoms with E-state index in [1.165, 1.54) is 19.3 Å². The summed E-state index contributed by atoms with van der Waals surface area (Å²) in [5.41, 5.74) is 0. The highest BCUT2D eigenvalue weighted by Gasteiger charge is 2.21. The number of carbonyl (C=O) groups is 2. The number of rotatable bonds is 50. The number of likely N-dealkylation sites (N-methyl/N-ethyl adjacent to an activating group) is 1. The fraction of sp³-hybridized carbons (Fsp3) is 0.569. The second-order valence-corrected chi connectivity index (χ2v) is 21.0. The number of allylic oxidation sites excluding steroid dienone is 26. The smallest absolute Gasteiger partial charge is 0.306 e. The van der Waals surface area contributed by atoms with E-state index in [1.54, 1.807) is 0 Å². The lowest BCUT2D eigenvalue weighted by Gasteiger charge is -2.28. The molecule has 0 saturated heterocycles. The first-order valence-corrected chi connectivity index (χ1v) is 30.2. The van der Waals surface area contributed by atoms with E-state index in [2.05, 4.69) is 172 Å². The van der Waals surface area contributed by atoms with Crippen LogP contribution < -0.4 is 4.89 Å². The monoisotopic (exact) mass is 1060 g/mol. The molecule has 0 aromatic rings. The molecule has 0 fully saturated rings. The summed E-state index contributed by atoms with van der Waals surface area (Å²) in [6.07, 6.45) is 81.6. The number of hydrogen-bond acceptors (Lipinski definition) is 8. The Morgan fingerprint density at radius 2 is 0.760 bits per heavy atom. The van der Waals surface area contributed by atoms with Gasteiger partial charge in [0, 0.05) is 12.8 Å². The van der Waals surface area contributed by atoms with Crippen LogP contribution in [0.25, 0.3) is 0 Å². The van der Waals surface area contributed by atoms with Gasteiger partial charge in [0.1, 0.15) is 19.8 Å². The third kappa shape index (κ3) is 58.7. The molecule has 0 rings (SSSR count). The van der Waals surface area contributed by atoms with Crippen molar-refractivity contribution < 1.29 is 42.1 Å². The van der Waals surface area contributed by atoms with Crippen LogP contribution in [0.5, 0.6) is 0 Å². The van der Waals surface area contributed by atoms with E-state index in [0.717, 1.165) is 128 Å². The number of hydrogen-bond donors (Lipinski definition) is 0. The molecule has 10 heteroatoms. The van der Waals surface area contributed by atoms with Crippen molar-refractivity contribution >= 4 is 19.8 Å². The highest BCUT2D eigenvalue weighted by molar-refractivity contribution is 7.45. The minimum atomic E-state index is -4.66. The average molecular weight is 1060 g/mol. The molecule has 0 spiro atoms. The first kappa shape index (κ1) is 70.6. The molecule has 0 aromatic carbocycles. The molecular weight excluding hydrogens is 954 g/mol. The van der Waals surface area contributed by atoms with Gasteiger partial charge in [0.15, 0.2) is 6.10 Å². The molecule has 75 heavy (non-hydrogen) atoms. The van der Waals surface area contributed by atoms with E-state index < -0.39 is 32.5 Å². The number of nitrogens with zero attached hydrogens (tertiary/aromatic N) is 1. The quantitative estimate of drug-likeness (QED) is 0.0195. The van der Waals surface area contributed by atoms with E-state index in [4.69, 9.17) is 18.5 Å². The lowest BCUT2D eigenvalue weighted by molar-refractivity contribution is -0.870. The Balaban J connectivity index is 4.24. The van der Waals surface area contributed by atoms with Crippen molar-refractivity contribution in [1.29, 1.82) is 0 Å². The van der Waals surface area contributed by atoms with Crippen LogP contribution in [0.4, 0.5) is 0 Å². The number of carbonyl (C=O) groups excluding carboxylic acids is 2. The summed E-state index contributed by atoms with van der Waals surface area (Å²) in [5.74, 6) is -0.911. The molecule has 0 aromatic heterocycles. The molecule has 2 unspecified atom stereocenters. The minimum Gasteiger partial charge on any atom is -0.756 e. The molecule has 0 aliphatic rings. The number of esters is 2. The number of phosphoric acid groups is 1. The molecule has 2 atom stereocenters. The van der Waals surface area contributed by atoms with Crippen LogP contribution in [0.3, 0.4) is 0 Å². The van der Waals surface area contributed by atoms with Gasteiger partial charge < -0.3 is 27.9 Å². The van der Waals surface area contributed by atoms with Gasteiger partial charge in [0.25, 0.3) is 7.82 Å². The average Bonchev–Trinajstić information content (AvgIpc) is 3.37. The van der Waals surface area contributed by atoms with Crippen molar-refractivity contribution in [3.05, 3.63) is 158 Å². The fourth-order valence-corrected chi connectivity index (χ4v) is 7.59. The summed E-state index contributed by atoms with van der Waals surface area (Å²) >= 11 is 0. The maximum atomic E-state index is 12.7. The van der Waals surface area contributed by atoms with Crippen LogP contribution >= 0.6 is 7.82 Å². The summed E-state index contributed by atoms with van der Waals surface area (Å²) < 4.78 is 33.9. The maximum Gasteiger partial charge on any atom is 0.306 e. The molecule has 0 radical (unpaired) electrons. The van der Waals surface area contributed by atoms with Crippen LogP contribution in [0.15, 0.2) is 158 Å². The van der Waals surface area contributed by atoms with Gasteiger partial charge in [-0.2, -0.15) is 0 Å². The van der Waals surface area contributed by atoms with Gasteiger partial charge in [0.2, 0.25) is 0 Å². The summed E-state index contributed by atoms with van der Waals surface area (Å²) in [5, 5.41) is 0. The van der Waals surface area contributed by atoms with Crippen molar-refractivity contribution in [2.75, 3.05) is 47.5 Å². The summed E-state index contributed by atoms with van der Waals surface area (Å²) in [4.78, 5) is 37.7. The Labute approximate surface area is 458 Å². The minimum absolute atomic E-state index is 0.0493. The largest absolute Gasteiger partial charge is 0.756 e. The number of quaternary nitrogens is 1. The summed E-state index contributed by atoms with van der Waals surface area (Å²) in [6, 6.07) is 0. The summed E-state index contributed by atoms with van der Waals surface area (Å²) in [6.45, 7) is 4.00. The van der Waals surface area contributed by atoms with Crippen LogP contribution in [0, 0.1) is 0 Å². The third-order valence-corrected chi connectivity index (χ3v) is 12.2. The Bertz CT molecular complexity index is 1820. The van der Waals surface area contributed by atoms with E-state index >= 15 is 0 Å². The van der Waals surface area contributed by atoms with Gasteiger partial charge in [0.05, 0.1) is 27.7 Å². The zero-order valence-electron chi connectivity index (χ0n) is 47.7. The lowest BCUT2D eigenvalue weighted by atomic mass is 10.1. The van der Waals surface area contributed by atoms with Crippen molar-refractivity contribution in [1.82, 2.24) is 0 Å². The zero-order valence-corrected chi connectivity index (χ0v) is 48.6.